The molecule has 1 aromatic carbocycles. The summed E-state index contributed by atoms with van der Waals surface area (Å²) in [6.07, 6.45) is 0. The molecule has 88 valence electrons. The summed E-state index contributed by atoms with van der Waals surface area (Å²) in [5, 5.41) is 0. The zero-order valence-electron chi connectivity index (χ0n) is 8.51. The molecule has 0 aromatic heterocycles. The third kappa shape index (κ3) is 3.19. The smallest absolute Gasteiger partial charge is 0.296 e. The Morgan fingerprint density at radius 2 is 2.19 bits per heavy atom. The standard InChI is InChI=1S/C9H11ClN2O3S/c1-6-2-3-7(12-9(11)5-10)8(4-6)16(13,14)15/h2-4H,5H2,1H3,(H2,11,12)(H,13,14,15). The molecule has 0 bridgehead atoms. The highest BCUT2D eigenvalue weighted by molar-refractivity contribution is 7.86. The van der Waals surface area contributed by atoms with Crippen LogP contribution < -0.4 is 5.73 Å². The predicted octanol–water partition coefficient (Wildman–Crippen LogP) is 1.47. The molecule has 0 aliphatic rings. The second-order valence-corrected chi connectivity index (χ2v) is 4.84. The Morgan fingerprint density at radius 1 is 1.56 bits per heavy atom. The van der Waals surface area contributed by atoms with Gasteiger partial charge in [-0.15, -0.1) is 11.6 Å². The average molecular weight is 263 g/mol. The molecule has 0 fully saturated rings. The maximum absolute atomic E-state index is 11.1. The number of benzene rings is 1. The van der Waals surface area contributed by atoms with Crippen molar-refractivity contribution >= 4 is 33.2 Å². The fourth-order valence-corrected chi connectivity index (χ4v) is 1.88. The molecule has 16 heavy (non-hydrogen) atoms. The molecule has 1 aromatic rings. The molecule has 0 spiro atoms. The molecule has 1 rings (SSSR count). The molecule has 0 radical (unpaired) electrons. The average Bonchev–Trinajstić information content (AvgIpc) is 2.19. The van der Waals surface area contributed by atoms with Crippen molar-refractivity contribution in [3.8, 4) is 0 Å². The van der Waals surface area contributed by atoms with E-state index in [2.05, 4.69) is 4.99 Å². The summed E-state index contributed by atoms with van der Waals surface area (Å²) < 4.78 is 31.2. The number of nitrogens with zero attached hydrogens (tertiary/aromatic N) is 1. The van der Waals surface area contributed by atoms with Gasteiger partial charge >= 0.3 is 0 Å². The number of alkyl halides is 1. The molecule has 0 amide bonds. The summed E-state index contributed by atoms with van der Waals surface area (Å²) in [6.45, 7) is 1.70. The van der Waals surface area contributed by atoms with Gasteiger partial charge in [-0.05, 0) is 24.6 Å². The van der Waals surface area contributed by atoms with Crippen molar-refractivity contribution in [1.29, 1.82) is 0 Å². The first-order chi connectivity index (χ1) is 7.34. The second-order valence-electron chi connectivity index (χ2n) is 3.18. The third-order valence-electron chi connectivity index (χ3n) is 1.79. The summed E-state index contributed by atoms with van der Waals surface area (Å²) in [5.74, 6) is 0.0640. The van der Waals surface area contributed by atoms with Gasteiger partial charge in [-0.25, -0.2) is 4.99 Å². The first-order valence-corrected chi connectivity index (χ1v) is 6.29. The Morgan fingerprint density at radius 3 is 2.69 bits per heavy atom. The van der Waals surface area contributed by atoms with Crippen LogP contribution in [0.3, 0.4) is 0 Å². The maximum Gasteiger partial charge on any atom is 0.296 e. The summed E-state index contributed by atoms with van der Waals surface area (Å²) in [5.41, 5.74) is 6.16. The monoisotopic (exact) mass is 262 g/mol. The Bertz CT molecular complexity index is 526. The highest BCUT2D eigenvalue weighted by Gasteiger charge is 2.15. The Labute approximate surface area is 98.7 Å². The van der Waals surface area contributed by atoms with Crippen LogP contribution in [0.15, 0.2) is 28.1 Å². The summed E-state index contributed by atoms with van der Waals surface area (Å²) in [7, 11) is -4.32. The fraction of sp³-hybridized carbons (Fsp3) is 0.222. The van der Waals surface area contributed by atoms with E-state index in [4.69, 9.17) is 21.9 Å². The highest BCUT2D eigenvalue weighted by Crippen LogP contribution is 2.25. The summed E-state index contributed by atoms with van der Waals surface area (Å²) in [6, 6.07) is 4.43. The summed E-state index contributed by atoms with van der Waals surface area (Å²) in [4.78, 5) is 3.53. The van der Waals surface area contributed by atoms with Crippen LogP contribution in [0.5, 0.6) is 0 Å². The molecule has 0 heterocycles. The van der Waals surface area contributed by atoms with Crippen molar-refractivity contribution in [3.05, 3.63) is 23.8 Å². The van der Waals surface area contributed by atoms with E-state index < -0.39 is 10.1 Å². The zero-order chi connectivity index (χ0) is 12.3. The molecule has 7 heteroatoms. The number of aryl methyl sites for hydroxylation is 1. The third-order valence-corrected chi connectivity index (χ3v) is 2.95. The van der Waals surface area contributed by atoms with Crippen molar-refractivity contribution in [2.45, 2.75) is 11.8 Å². The van der Waals surface area contributed by atoms with E-state index in [0.717, 1.165) is 0 Å². The topological polar surface area (TPSA) is 92.8 Å². The number of aliphatic imine (C=N–C) groups is 1. The molecule has 3 N–H and O–H groups in total. The van der Waals surface area contributed by atoms with Crippen molar-refractivity contribution < 1.29 is 13.0 Å². The number of hydrogen-bond donors (Lipinski definition) is 2. The normalized spacial score (nSPS) is 12.8. The van der Waals surface area contributed by atoms with Gasteiger partial charge in [0.15, 0.2) is 0 Å². The first kappa shape index (κ1) is 13.0. The lowest BCUT2D eigenvalue weighted by atomic mass is 10.2. The van der Waals surface area contributed by atoms with Crippen LogP contribution in [0.4, 0.5) is 5.69 Å². The van der Waals surface area contributed by atoms with Gasteiger partial charge in [-0.2, -0.15) is 8.42 Å². The van der Waals surface area contributed by atoms with E-state index in [1.54, 1.807) is 13.0 Å². The maximum atomic E-state index is 11.1. The number of hydrogen-bond acceptors (Lipinski definition) is 3. The van der Waals surface area contributed by atoms with Crippen LogP contribution in [0, 0.1) is 6.92 Å². The van der Waals surface area contributed by atoms with E-state index in [1.807, 2.05) is 0 Å². The van der Waals surface area contributed by atoms with Crippen LogP contribution in [0.2, 0.25) is 0 Å². The minimum atomic E-state index is -4.32. The molecular weight excluding hydrogens is 252 g/mol. The van der Waals surface area contributed by atoms with Gasteiger partial charge in [0, 0.05) is 0 Å². The van der Waals surface area contributed by atoms with Crippen LogP contribution in [0.25, 0.3) is 0 Å². The Hall–Kier alpha value is -1.11. The van der Waals surface area contributed by atoms with E-state index in [-0.39, 0.29) is 22.3 Å². The van der Waals surface area contributed by atoms with Gasteiger partial charge in [-0.3, -0.25) is 4.55 Å². The second kappa shape index (κ2) is 4.82. The van der Waals surface area contributed by atoms with Crippen LogP contribution >= 0.6 is 11.6 Å². The highest BCUT2D eigenvalue weighted by atomic mass is 35.5. The lowest BCUT2D eigenvalue weighted by Gasteiger charge is -2.04. The van der Waals surface area contributed by atoms with Crippen LogP contribution in [-0.2, 0) is 10.1 Å². The van der Waals surface area contributed by atoms with Crippen molar-refractivity contribution in [3.63, 3.8) is 0 Å². The molecule has 5 nitrogen and oxygen atoms in total. The lowest BCUT2D eigenvalue weighted by Crippen LogP contribution is -2.12. The molecule has 0 saturated heterocycles. The minimum absolute atomic E-state index is 0.0151. The van der Waals surface area contributed by atoms with Crippen molar-refractivity contribution in [2.75, 3.05) is 5.88 Å². The van der Waals surface area contributed by atoms with Crippen molar-refractivity contribution in [1.82, 2.24) is 0 Å². The zero-order valence-corrected chi connectivity index (χ0v) is 10.1. The fourth-order valence-electron chi connectivity index (χ4n) is 1.10. The van der Waals surface area contributed by atoms with Gasteiger partial charge < -0.3 is 5.73 Å². The number of halogens is 1. The first-order valence-electron chi connectivity index (χ1n) is 4.31. The summed E-state index contributed by atoms with van der Waals surface area (Å²) >= 11 is 5.43. The van der Waals surface area contributed by atoms with E-state index in [1.165, 1.54) is 12.1 Å². The van der Waals surface area contributed by atoms with Crippen LogP contribution in [0.1, 0.15) is 5.56 Å². The van der Waals surface area contributed by atoms with Gasteiger partial charge in [0.25, 0.3) is 10.1 Å². The molecular formula is C9H11ClN2O3S. The Balaban J connectivity index is 3.41. The van der Waals surface area contributed by atoms with E-state index in [0.29, 0.717) is 5.56 Å². The van der Waals surface area contributed by atoms with E-state index >= 15 is 0 Å². The molecule has 0 aliphatic carbocycles. The predicted molar refractivity (Wildman–Crippen MR) is 63.0 cm³/mol. The number of amidine groups is 1. The lowest BCUT2D eigenvalue weighted by molar-refractivity contribution is 0.483. The molecule has 0 saturated carbocycles. The van der Waals surface area contributed by atoms with Gasteiger partial charge in [0.2, 0.25) is 0 Å². The largest absolute Gasteiger partial charge is 0.386 e. The molecule has 0 unspecified atom stereocenters. The number of nitrogens with two attached hydrogens (primary N) is 1. The number of rotatable bonds is 3. The molecule has 0 aliphatic heterocycles. The van der Waals surface area contributed by atoms with Gasteiger partial charge in [0.05, 0.1) is 11.6 Å². The molecule has 0 atom stereocenters. The van der Waals surface area contributed by atoms with Crippen LogP contribution in [-0.4, -0.2) is 24.7 Å². The Kier molecular flexibility index (Phi) is 3.90. The SMILES string of the molecule is Cc1ccc(N=C(N)CCl)c(S(=O)(=O)O)c1. The van der Waals surface area contributed by atoms with Gasteiger partial charge in [-0.1, -0.05) is 6.07 Å². The van der Waals surface area contributed by atoms with Crippen molar-refractivity contribution in [2.24, 2.45) is 10.7 Å². The van der Waals surface area contributed by atoms with Gasteiger partial charge in [0.1, 0.15) is 10.7 Å². The van der Waals surface area contributed by atoms with E-state index in [9.17, 15) is 8.42 Å². The quantitative estimate of drug-likeness (QED) is 0.373. The minimum Gasteiger partial charge on any atom is -0.386 e.